The molecule has 0 radical (unpaired) electrons. The maximum absolute atomic E-state index is 12.4. The summed E-state index contributed by atoms with van der Waals surface area (Å²) in [5.41, 5.74) is 2.03. The predicted octanol–water partition coefficient (Wildman–Crippen LogP) is 2.84. The quantitative estimate of drug-likeness (QED) is 0.569. The highest BCUT2D eigenvalue weighted by Crippen LogP contribution is 2.34. The fraction of sp³-hybridized carbons (Fsp3) is 0.444. The van der Waals surface area contributed by atoms with Crippen LogP contribution in [-0.2, 0) is 9.53 Å². The number of ether oxygens (including phenoxy) is 3. The van der Waals surface area contributed by atoms with E-state index in [0.29, 0.717) is 47.7 Å². The van der Waals surface area contributed by atoms with Crippen molar-refractivity contribution in [3.63, 3.8) is 0 Å². The van der Waals surface area contributed by atoms with Gasteiger partial charge in [-0.15, -0.1) is 0 Å². The maximum Gasteiger partial charge on any atom is 0.338 e. The summed E-state index contributed by atoms with van der Waals surface area (Å²) in [4.78, 5) is 12.4. The Bertz CT molecular complexity index is 688. The van der Waals surface area contributed by atoms with Crippen LogP contribution in [0.1, 0.15) is 39.3 Å². The Balaban J connectivity index is 2.45. The van der Waals surface area contributed by atoms with Crippen molar-refractivity contribution < 1.29 is 19.0 Å². The van der Waals surface area contributed by atoms with E-state index in [-0.39, 0.29) is 5.97 Å². The van der Waals surface area contributed by atoms with Crippen molar-refractivity contribution in [3.8, 4) is 11.5 Å². The summed E-state index contributed by atoms with van der Waals surface area (Å²) in [6, 6.07) is 5.19. The van der Waals surface area contributed by atoms with E-state index >= 15 is 0 Å². The average Bonchev–Trinajstić information content (AvgIpc) is 2.56. The molecule has 0 saturated heterocycles. The number of nitrogens with one attached hydrogen (secondary N) is 2. The number of rotatable bonds is 7. The Morgan fingerprint density at radius 1 is 1.12 bits per heavy atom. The van der Waals surface area contributed by atoms with E-state index in [2.05, 4.69) is 10.6 Å². The van der Waals surface area contributed by atoms with Gasteiger partial charge in [0.1, 0.15) is 0 Å². The molecule has 1 aliphatic heterocycles. The molecule has 1 aromatic rings. The van der Waals surface area contributed by atoms with Crippen molar-refractivity contribution in [3.05, 3.63) is 35.0 Å². The molecule has 0 aliphatic carbocycles. The predicted molar refractivity (Wildman–Crippen MR) is 99.7 cm³/mol. The van der Waals surface area contributed by atoms with Gasteiger partial charge in [0.2, 0.25) is 0 Å². The van der Waals surface area contributed by atoms with Crippen molar-refractivity contribution in [2.75, 3.05) is 19.8 Å². The number of thiocarbonyl (C=S) groups is 1. The first-order valence-electron chi connectivity index (χ1n) is 8.36. The van der Waals surface area contributed by atoms with E-state index in [4.69, 9.17) is 26.4 Å². The van der Waals surface area contributed by atoms with Gasteiger partial charge in [-0.2, -0.15) is 0 Å². The second-order valence-electron chi connectivity index (χ2n) is 5.36. The number of benzene rings is 1. The van der Waals surface area contributed by atoms with Crippen LogP contribution in [0.4, 0.5) is 0 Å². The van der Waals surface area contributed by atoms with Gasteiger partial charge in [-0.3, -0.25) is 0 Å². The lowest BCUT2D eigenvalue weighted by Gasteiger charge is -2.30. The molecule has 0 spiro atoms. The van der Waals surface area contributed by atoms with Crippen molar-refractivity contribution in [2.45, 2.75) is 33.7 Å². The molecule has 1 aliphatic rings. The molecule has 1 aromatic carbocycles. The first-order valence-corrected chi connectivity index (χ1v) is 8.77. The van der Waals surface area contributed by atoms with E-state index in [1.807, 2.05) is 39.0 Å². The summed E-state index contributed by atoms with van der Waals surface area (Å²) < 4.78 is 16.5. The molecule has 0 bridgehead atoms. The highest BCUT2D eigenvalue weighted by atomic mass is 32.1. The molecule has 7 heteroatoms. The molecule has 2 rings (SSSR count). The average molecular weight is 364 g/mol. The lowest BCUT2D eigenvalue weighted by atomic mass is 9.95. The third-order valence-electron chi connectivity index (χ3n) is 3.67. The SMILES string of the molecule is CCOC(=O)C1=C(C)NC(=S)N[C@H]1c1ccc(OCC)c(OCC)c1. The normalized spacial score (nSPS) is 16.8. The van der Waals surface area contributed by atoms with E-state index in [0.717, 1.165) is 5.56 Å². The van der Waals surface area contributed by atoms with Crippen LogP contribution in [0.2, 0.25) is 0 Å². The topological polar surface area (TPSA) is 68.8 Å². The van der Waals surface area contributed by atoms with Gasteiger partial charge in [0.05, 0.1) is 31.4 Å². The molecule has 0 amide bonds. The van der Waals surface area contributed by atoms with Crippen LogP contribution in [0.5, 0.6) is 11.5 Å². The summed E-state index contributed by atoms with van der Waals surface area (Å²) in [5, 5.41) is 6.58. The van der Waals surface area contributed by atoms with Gasteiger partial charge in [0.25, 0.3) is 0 Å². The number of carbonyl (C=O) groups excluding carboxylic acids is 1. The third-order valence-corrected chi connectivity index (χ3v) is 3.89. The molecular formula is C18H24N2O4S. The zero-order valence-electron chi connectivity index (χ0n) is 15.0. The Morgan fingerprint density at radius 2 is 1.80 bits per heavy atom. The van der Waals surface area contributed by atoms with Crippen molar-refractivity contribution in [1.29, 1.82) is 0 Å². The summed E-state index contributed by atoms with van der Waals surface area (Å²) in [6.45, 7) is 8.78. The zero-order chi connectivity index (χ0) is 18.4. The third kappa shape index (κ3) is 4.42. The second kappa shape index (κ2) is 8.71. The first-order chi connectivity index (χ1) is 12.0. The Kier molecular flexibility index (Phi) is 6.64. The Hall–Kier alpha value is -2.28. The van der Waals surface area contributed by atoms with Crippen LogP contribution in [0.3, 0.4) is 0 Å². The lowest BCUT2D eigenvalue weighted by Crippen LogP contribution is -2.45. The Morgan fingerprint density at radius 3 is 2.44 bits per heavy atom. The van der Waals surface area contributed by atoms with Crippen LogP contribution >= 0.6 is 12.2 Å². The molecule has 0 unspecified atom stereocenters. The molecule has 0 aromatic heterocycles. The molecule has 0 saturated carbocycles. The molecule has 6 nitrogen and oxygen atoms in total. The molecule has 25 heavy (non-hydrogen) atoms. The highest BCUT2D eigenvalue weighted by molar-refractivity contribution is 7.80. The number of esters is 1. The monoisotopic (exact) mass is 364 g/mol. The van der Waals surface area contributed by atoms with Crippen LogP contribution in [-0.4, -0.2) is 30.9 Å². The van der Waals surface area contributed by atoms with Gasteiger partial charge in [0.15, 0.2) is 16.6 Å². The Labute approximate surface area is 153 Å². The standard InChI is InChI=1S/C18H24N2O4S/c1-5-22-13-9-8-12(10-14(13)23-6-2)16-15(17(21)24-7-3)11(4)19-18(25)20-16/h8-10,16H,5-7H2,1-4H3,(H2,19,20,25)/t16-/m0/s1. The zero-order valence-corrected chi connectivity index (χ0v) is 15.8. The van der Waals surface area contributed by atoms with Crippen LogP contribution < -0.4 is 20.1 Å². The minimum atomic E-state index is -0.414. The van der Waals surface area contributed by atoms with Gasteiger partial charge >= 0.3 is 5.97 Å². The second-order valence-corrected chi connectivity index (χ2v) is 5.77. The smallest absolute Gasteiger partial charge is 0.338 e. The number of hydrogen-bond acceptors (Lipinski definition) is 5. The lowest BCUT2D eigenvalue weighted by molar-refractivity contribution is -0.139. The van der Waals surface area contributed by atoms with Gasteiger partial charge in [-0.25, -0.2) is 4.79 Å². The summed E-state index contributed by atoms with van der Waals surface area (Å²) in [5.74, 6) is 0.927. The van der Waals surface area contributed by atoms with E-state index in [1.54, 1.807) is 6.92 Å². The summed E-state index contributed by atoms with van der Waals surface area (Å²) >= 11 is 5.25. The van der Waals surface area contributed by atoms with Gasteiger partial charge < -0.3 is 24.8 Å². The first kappa shape index (κ1) is 19.1. The molecule has 1 atom stereocenters. The van der Waals surface area contributed by atoms with E-state index in [1.165, 1.54) is 0 Å². The largest absolute Gasteiger partial charge is 0.490 e. The van der Waals surface area contributed by atoms with Gasteiger partial charge in [0, 0.05) is 5.70 Å². The highest BCUT2D eigenvalue weighted by Gasteiger charge is 2.31. The number of hydrogen-bond donors (Lipinski definition) is 2. The van der Waals surface area contributed by atoms with Crippen molar-refractivity contribution >= 4 is 23.3 Å². The molecule has 2 N–H and O–H groups in total. The number of allylic oxidation sites excluding steroid dienone is 1. The van der Waals surface area contributed by atoms with E-state index in [9.17, 15) is 4.79 Å². The van der Waals surface area contributed by atoms with Gasteiger partial charge in [-0.1, -0.05) is 6.07 Å². The molecular weight excluding hydrogens is 340 g/mol. The minimum Gasteiger partial charge on any atom is -0.490 e. The van der Waals surface area contributed by atoms with Crippen molar-refractivity contribution in [1.82, 2.24) is 10.6 Å². The molecule has 1 heterocycles. The van der Waals surface area contributed by atoms with Crippen LogP contribution in [0.15, 0.2) is 29.5 Å². The minimum absolute atomic E-state index is 0.306. The molecule has 136 valence electrons. The maximum atomic E-state index is 12.4. The van der Waals surface area contributed by atoms with Crippen LogP contribution in [0, 0.1) is 0 Å². The fourth-order valence-electron chi connectivity index (χ4n) is 2.67. The van der Waals surface area contributed by atoms with Gasteiger partial charge in [-0.05, 0) is 57.6 Å². The number of carbonyl (C=O) groups is 1. The summed E-state index contributed by atoms with van der Waals surface area (Å²) in [6.07, 6.45) is 0. The summed E-state index contributed by atoms with van der Waals surface area (Å²) in [7, 11) is 0. The van der Waals surface area contributed by atoms with Crippen LogP contribution in [0.25, 0.3) is 0 Å². The fourth-order valence-corrected chi connectivity index (χ4v) is 2.94. The van der Waals surface area contributed by atoms with E-state index < -0.39 is 6.04 Å². The van der Waals surface area contributed by atoms with Crippen molar-refractivity contribution in [2.24, 2.45) is 0 Å². The molecule has 0 fully saturated rings.